The predicted octanol–water partition coefficient (Wildman–Crippen LogP) is 0.990. The van der Waals surface area contributed by atoms with Crippen molar-refractivity contribution in [1.82, 2.24) is 4.31 Å². The molecule has 0 unspecified atom stereocenters. The molecule has 1 aromatic rings. The molecule has 0 fully saturated rings. The molecule has 1 aromatic carbocycles. The maximum absolute atomic E-state index is 11.9. The van der Waals surface area contributed by atoms with Crippen LogP contribution in [0.3, 0.4) is 0 Å². The first kappa shape index (κ1) is 14.2. The normalized spacial score (nSPS) is 11.2. The quantitative estimate of drug-likeness (QED) is 0.453. The first-order valence-electron chi connectivity index (χ1n) is 4.98. The van der Waals surface area contributed by atoms with Gasteiger partial charge in [-0.05, 0) is 0 Å². The van der Waals surface area contributed by atoms with Crippen LogP contribution in [0.25, 0.3) is 0 Å². The molecule has 0 aliphatic carbocycles. The molecule has 7 heteroatoms. The average Bonchev–Trinajstić information content (AvgIpc) is 2.29. The zero-order valence-electron chi connectivity index (χ0n) is 9.74. The zero-order chi connectivity index (χ0) is 13.8. The lowest BCUT2D eigenvalue weighted by molar-refractivity contribution is -0.385. The summed E-state index contributed by atoms with van der Waals surface area (Å²) in [6, 6.07) is 5.73. The average molecular weight is 268 g/mol. The molecule has 0 aliphatic heterocycles. The van der Waals surface area contributed by atoms with E-state index in [4.69, 9.17) is 6.42 Å². The van der Waals surface area contributed by atoms with Crippen LogP contribution in [0, 0.1) is 22.5 Å². The molecule has 1 rings (SSSR count). The number of terminal acetylenes is 1. The Labute approximate surface area is 105 Å². The summed E-state index contributed by atoms with van der Waals surface area (Å²) in [5, 5.41) is 10.8. The monoisotopic (exact) mass is 268 g/mol. The number of rotatable bonds is 5. The van der Waals surface area contributed by atoms with E-state index >= 15 is 0 Å². The number of hydrogen-bond acceptors (Lipinski definition) is 4. The Hall–Kier alpha value is -1.91. The van der Waals surface area contributed by atoms with Crippen molar-refractivity contribution < 1.29 is 13.3 Å². The minimum atomic E-state index is -3.65. The van der Waals surface area contributed by atoms with E-state index in [0.717, 1.165) is 4.31 Å². The van der Waals surface area contributed by atoms with Crippen molar-refractivity contribution in [1.29, 1.82) is 0 Å². The molecular weight excluding hydrogens is 256 g/mol. The van der Waals surface area contributed by atoms with Crippen LogP contribution in [0.2, 0.25) is 0 Å². The van der Waals surface area contributed by atoms with Crippen LogP contribution in [-0.2, 0) is 15.8 Å². The van der Waals surface area contributed by atoms with E-state index < -0.39 is 20.7 Å². The summed E-state index contributed by atoms with van der Waals surface area (Å²) in [5.74, 6) is 1.77. The molecule has 0 atom stereocenters. The van der Waals surface area contributed by atoms with Crippen molar-refractivity contribution in [2.75, 3.05) is 13.6 Å². The third-order valence-corrected chi connectivity index (χ3v) is 4.07. The number of hydrogen-bond donors (Lipinski definition) is 0. The highest BCUT2D eigenvalue weighted by atomic mass is 32.2. The van der Waals surface area contributed by atoms with Gasteiger partial charge in [-0.25, -0.2) is 8.42 Å². The van der Waals surface area contributed by atoms with Crippen LogP contribution in [-0.4, -0.2) is 31.2 Å². The molecule has 0 aromatic heterocycles. The molecule has 18 heavy (non-hydrogen) atoms. The van der Waals surface area contributed by atoms with Gasteiger partial charge in [-0.15, -0.1) is 6.42 Å². The Kier molecular flexibility index (Phi) is 4.42. The highest BCUT2D eigenvalue weighted by Gasteiger charge is 2.22. The van der Waals surface area contributed by atoms with E-state index in [1.165, 1.54) is 25.2 Å². The summed E-state index contributed by atoms with van der Waals surface area (Å²) in [6.07, 6.45) is 5.03. The van der Waals surface area contributed by atoms with Gasteiger partial charge in [0.1, 0.15) is 0 Å². The van der Waals surface area contributed by atoms with Gasteiger partial charge in [0.25, 0.3) is 5.69 Å². The smallest absolute Gasteiger partial charge is 0.258 e. The summed E-state index contributed by atoms with van der Waals surface area (Å²) in [4.78, 5) is 10.2. The van der Waals surface area contributed by atoms with Crippen LogP contribution < -0.4 is 0 Å². The van der Waals surface area contributed by atoms with Gasteiger partial charge >= 0.3 is 0 Å². The van der Waals surface area contributed by atoms with Crippen LogP contribution in [0.5, 0.6) is 0 Å². The Balaban J connectivity index is 3.06. The molecule has 96 valence electrons. The van der Waals surface area contributed by atoms with E-state index in [9.17, 15) is 18.5 Å². The zero-order valence-corrected chi connectivity index (χ0v) is 10.6. The third-order valence-electron chi connectivity index (χ3n) is 2.32. The lowest BCUT2D eigenvalue weighted by Crippen LogP contribution is -2.28. The van der Waals surface area contributed by atoms with Gasteiger partial charge in [-0.2, -0.15) is 4.31 Å². The maximum atomic E-state index is 11.9. The largest absolute Gasteiger partial charge is 0.273 e. The second-order valence-electron chi connectivity index (χ2n) is 3.60. The van der Waals surface area contributed by atoms with E-state index in [2.05, 4.69) is 5.92 Å². The molecule has 0 N–H and O–H groups in total. The fraction of sp³-hybridized carbons (Fsp3) is 0.273. The number of para-hydroxylation sites is 1. The van der Waals surface area contributed by atoms with Crippen LogP contribution >= 0.6 is 0 Å². The van der Waals surface area contributed by atoms with Crippen LogP contribution in [0.4, 0.5) is 5.69 Å². The van der Waals surface area contributed by atoms with E-state index in [0.29, 0.717) is 0 Å². The summed E-state index contributed by atoms with van der Waals surface area (Å²) in [6.45, 7) is -0.0665. The third kappa shape index (κ3) is 3.29. The lowest BCUT2D eigenvalue weighted by Gasteiger charge is -2.14. The second-order valence-corrected chi connectivity index (χ2v) is 5.68. The number of sulfonamides is 1. The van der Waals surface area contributed by atoms with Crippen LogP contribution in [0.1, 0.15) is 5.56 Å². The number of benzene rings is 1. The van der Waals surface area contributed by atoms with Gasteiger partial charge < -0.3 is 0 Å². The molecule has 0 saturated heterocycles. The van der Waals surface area contributed by atoms with Crippen molar-refractivity contribution in [2.45, 2.75) is 5.75 Å². The van der Waals surface area contributed by atoms with Crippen molar-refractivity contribution in [3.63, 3.8) is 0 Å². The van der Waals surface area contributed by atoms with E-state index in [-0.39, 0.29) is 17.8 Å². The minimum Gasteiger partial charge on any atom is -0.258 e. The molecule has 0 saturated carbocycles. The molecule has 0 aliphatic rings. The highest BCUT2D eigenvalue weighted by molar-refractivity contribution is 7.88. The Bertz CT molecular complexity index is 589. The summed E-state index contributed by atoms with van der Waals surface area (Å²) < 4.78 is 24.7. The maximum Gasteiger partial charge on any atom is 0.273 e. The molecule has 0 radical (unpaired) electrons. The molecule has 0 bridgehead atoms. The molecule has 0 spiro atoms. The highest BCUT2D eigenvalue weighted by Crippen LogP contribution is 2.21. The summed E-state index contributed by atoms with van der Waals surface area (Å²) in [5.41, 5.74) is -0.0680. The van der Waals surface area contributed by atoms with Crippen molar-refractivity contribution >= 4 is 15.7 Å². The van der Waals surface area contributed by atoms with Crippen LogP contribution in [0.15, 0.2) is 24.3 Å². The van der Waals surface area contributed by atoms with E-state index in [1.807, 2.05) is 0 Å². The minimum absolute atomic E-state index is 0.0665. The SMILES string of the molecule is C#CCN(C)S(=O)(=O)Cc1ccccc1[N+](=O)[O-]. The number of nitrogens with zero attached hydrogens (tertiary/aromatic N) is 2. The lowest BCUT2D eigenvalue weighted by atomic mass is 10.2. The molecule has 0 amide bonds. The Morgan fingerprint density at radius 1 is 1.44 bits per heavy atom. The van der Waals surface area contributed by atoms with Gasteiger partial charge in [-0.1, -0.05) is 24.1 Å². The Morgan fingerprint density at radius 3 is 2.61 bits per heavy atom. The van der Waals surface area contributed by atoms with Crippen molar-refractivity contribution in [2.24, 2.45) is 0 Å². The van der Waals surface area contributed by atoms with E-state index in [1.54, 1.807) is 6.07 Å². The van der Waals surface area contributed by atoms with Gasteiger partial charge in [-0.3, -0.25) is 10.1 Å². The number of nitro groups is 1. The standard InChI is InChI=1S/C11H12N2O4S/c1-3-8-12(2)18(16,17)9-10-6-4-5-7-11(10)13(14)15/h1,4-7H,8-9H2,2H3. The first-order chi connectivity index (χ1) is 8.38. The topological polar surface area (TPSA) is 80.5 Å². The molecule has 6 nitrogen and oxygen atoms in total. The van der Waals surface area contributed by atoms with Gasteiger partial charge in [0.15, 0.2) is 0 Å². The first-order valence-corrected chi connectivity index (χ1v) is 6.59. The predicted molar refractivity (Wildman–Crippen MR) is 67.2 cm³/mol. The van der Waals surface area contributed by atoms with Gasteiger partial charge in [0.05, 0.1) is 17.2 Å². The Morgan fingerprint density at radius 2 is 2.06 bits per heavy atom. The van der Waals surface area contributed by atoms with Gasteiger partial charge in [0, 0.05) is 18.7 Å². The number of nitro benzene ring substituents is 1. The summed E-state index contributed by atoms with van der Waals surface area (Å²) >= 11 is 0. The fourth-order valence-electron chi connectivity index (χ4n) is 1.34. The summed E-state index contributed by atoms with van der Waals surface area (Å²) in [7, 11) is -2.31. The van der Waals surface area contributed by atoms with Crippen molar-refractivity contribution in [3.8, 4) is 12.3 Å². The second kappa shape index (κ2) is 5.62. The fourth-order valence-corrected chi connectivity index (χ4v) is 2.47. The molecule has 0 heterocycles. The molecular formula is C11H12N2O4S. The van der Waals surface area contributed by atoms with Gasteiger partial charge in [0.2, 0.25) is 10.0 Å². The van der Waals surface area contributed by atoms with Crippen molar-refractivity contribution in [3.05, 3.63) is 39.9 Å².